The molecule has 0 aromatic carbocycles. The molecule has 16 heavy (non-hydrogen) atoms. The minimum atomic E-state index is -1.08. The molecule has 0 saturated carbocycles. The van der Waals surface area contributed by atoms with E-state index in [9.17, 15) is 14.7 Å². The van der Waals surface area contributed by atoms with Gasteiger partial charge in [-0.1, -0.05) is 18.2 Å². The molecule has 5 heteroatoms. The number of aliphatic hydroxyl groups is 1. The van der Waals surface area contributed by atoms with Crippen LogP contribution in [0.1, 0.15) is 13.3 Å². The highest BCUT2D eigenvalue weighted by Gasteiger charge is 2.37. The number of carboxylic acids is 1. The van der Waals surface area contributed by atoms with Crippen molar-refractivity contribution < 1.29 is 19.8 Å². The molecule has 0 unspecified atom stereocenters. The first-order valence-electron chi connectivity index (χ1n) is 5.07. The van der Waals surface area contributed by atoms with Gasteiger partial charge in [0.1, 0.15) is 6.04 Å². The summed E-state index contributed by atoms with van der Waals surface area (Å²) in [4.78, 5) is 23.6. The number of β-amino-alcohol motifs (C(OH)–C–C–N with tert-alkyl or cyclic N) is 1. The molecule has 1 rings (SSSR count). The molecule has 1 fully saturated rings. The fourth-order valence-corrected chi connectivity index (χ4v) is 1.64. The van der Waals surface area contributed by atoms with Gasteiger partial charge < -0.3 is 15.1 Å². The van der Waals surface area contributed by atoms with Gasteiger partial charge in [0.25, 0.3) is 0 Å². The van der Waals surface area contributed by atoms with Crippen LogP contribution in [-0.2, 0) is 9.59 Å². The number of aliphatic hydroxyl groups excluding tert-OH is 1. The lowest BCUT2D eigenvalue weighted by molar-refractivity contribution is -0.146. The molecule has 5 nitrogen and oxygen atoms in total. The number of likely N-dealkylation sites (tertiary alicyclic amines) is 1. The number of allylic oxidation sites excluding steroid dienone is 3. The first-order valence-corrected chi connectivity index (χ1v) is 5.07. The van der Waals surface area contributed by atoms with E-state index in [-0.39, 0.29) is 18.9 Å². The molecule has 0 radical (unpaired) electrons. The second-order valence-electron chi connectivity index (χ2n) is 3.62. The van der Waals surface area contributed by atoms with Crippen LogP contribution in [0.5, 0.6) is 0 Å². The lowest BCUT2D eigenvalue weighted by atomic mass is 10.2. The van der Waals surface area contributed by atoms with Gasteiger partial charge in [-0.05, 0) is 6.92 Å². The Kier molecular flexibility index (Phi) is 4.25. The molecular weight excluding hydrogens is 210 g/mol. The number of carbonyl (C=O) groups excluding carboxylic acids is 1. The van der Waals surface area contributed by atoms with Crippen molar-refractivity contribution in [2.75, 3.05) is 6.54 Å². The van der Waals surface area contributed by atoms with E-state index >= 15 is 0 Å². The summed E-state index contributed by atoms with van der Waals surface area (Å²) in [5.41, 5.74) is 0. The number of nitrogens with zero attached hydrogens (tertiary/aromatic N) is 1. The molecular formula is C11H15NO4. The van der Waals surface area contributed by atoms with Crippen LogP contribution < -0.4 is 0 Å². The number of rotatable bonds is 3. The molecule has 1 amide bonds. The zero-order chi connectivity index (χ0) is 12.1. The van der Waals surface area contributed by atoms with E-state index in [2.05, 4.69) is 0 Å². The molecule has 1 saturated heterocycles. The van der Waals surface area contributed by atoms with Crippen LogP contribution in [-0.4, -0.2) is 45.7 Å². The molecule has 0 bridgehead atoms. The summed E-state index contributed by atoms with van der Waals surface area (Å²) in [6.45, 7) is 1.89. The molecule has 1 aliphatic rings. The summed E-state index contributed by atoms with van der Waals surface area (Å²) in [7, 11) is 0. The van der Waals surface area contributed by atoms with Gasteiger partial charge in [0.2, 0.25) is 5.91 Å². The second-order valence-corrected chi connectivity index (χ2v) is 3.62. The number of aliphatic carboxylic acids is 1. The number of carboxylic acid groups (broad SMARTS) is 1. The van der Waals surface area contributed by atoms with Crippen LogP contribution in [0, 0.1) is 0 Å². The van der Waals surface area contributed by atoms with Crippen molar-refractivity contribution in [2.24, 2.45) is 0 Å². The third kappa shape index (κ3) is 2.93. The van der Waals surface area contributed by atoms with Crippen LogP contribution in [0.4, 0.5) is 0 Å². The smallest absolute Gasteiger partial charge is 0.326 e. The Bertz CT molecular complexity index is 335. The van der Waals surface area contributed by atoms with E-state index in [1.54, 1.807) is 18.2 Å². The van der Waals surface area contributed by atoms with Gasteiger partial charge in [0.05, 0.1) is 6.10 Å². The topological polar surface area (TPSA) is 77.8 Å². The zero-order valence-electron chi connectivity index (χ0n) is 9.04. The van der Waals surface area contributed by atoms with Gasteiger partial charge in [-0.2, -0.15) is 0 Å². The highest BCUT2D eigenvalue weighted by Crippen LogP contribution is 2.18. The number of hydrogen-bond donors (Lipinski definition) is 2. The molecule has 88 valence electrons. The van der Waals surface area contributed by atoms with Crippen molar-refractivity contribution in [3.05, 3.63) is 24.3 Å². The first-order chi connectivity index (χ1) is 7.56. The first kappa shape index (κ1) is 12.4. The SMILES string of the molecule is CC=CC=CC(=O)N1C[C@H](O)C[C@@H]1C(=O)O. The van der Waals surface area contributed by atoms with Gasteiger partial charge in [-0.25, -0.2) is 4.79 Å². The summed E-state index contributed by atoms with van der Waals surface area (Å²) in [6, 6.07) is -0.919. The predicted molar refractivity (Wildman–Crippen MR) is 57.7 cm³/mol. The summed E-state index contributed by atoms with van der Waals surface area (Å²) < 4.78 is 0. The molecule has 0 spiro atoms. The van der Waals surface area contributed by atoms with E-state index in [0.29, 0.717) is 0 Å². The van der Waals surface area contributed by atoms with Gasteiger partial charge >= 0.3 is 5.97 Å². The van der Waals surface area contributed by atoms with E-state index in [1.807, 2.05) is 6.92 Å². The van der Waals surface area contributed by atoms with Crippen LogP contribution in [0.2, 0.25) is 0 Å². The average Bonchev–Trinajstić information content (AvgIpc) is 2.61. The lowest BCUT2D eigenvalue weighted by Gasteiger charge is -2.18. The largest absolute Gasteiger partial charge is 0.480 e. The molecule has 0 aliphatic carbocycles. The Morgan fingerprint density at radius 3 is 2.62 bits per heavy atom. The maximum Gasteiger partial charge on any atom is 0.326 e. The second kappa shape index (κ2) is 5.46. The number of hydrogen-bond acceptors (Lipinski definition) is 3. The third-order valence-corrected chi connectivity index (χ3v) is 2.39. The van der Waals surface area contributed by atoms with Crippen LogP contribution in [0.25, 0.3) is 0 Å². The van der Waals surface area contributed by atoms with Crippen molar-refractivity contribution in [3.8, 4) is 0 Å². The number of carbonyl (C=O) groups is 2. The van der Waals surface area contributed by atoms with Gasteiger partial charge in [-0.15, -0.1) is 0 Å². The minimum absolute atomic E-state index is 0.0793. The predicted octanol–water partition coefficient (Wildman–Crippen LogP) is 0.165. The van der Waals surface area contributed by atoms with Crippen molar-refractivity contribution in [1.82, 2.24) is 4.90 Å². The normalized spacial score (nSPS) is 25.8. The van der Waals surface area contributed by atoms with Crippen LogP contribution >= 0.6 is 0 Å². The highest BCUT2D eigenvalue weighted by molar-refractivity contribution is 5.91. The Morgan fingerprint density at radius 1 is 1.38 bits per heavy atom. The maximum atomic E-state index is 11.6. The third-order valence-electron chi connectivity index (χ3n) is 2.39. The standard InChI is InChI=1S/C11H15NO4/c1-2-3-4-5-10(14)12-7-8(13)6-9(12)11(15)16/h2-5,8-9,13H,6-7H2,1H3,(H,15,16)/t8-,9-/m1/s1. The summed E-state index contributed by atoms with van der Waals surface area (Å²) in [5, 5.41) is 18.2. The van der Waals surface area contributed by atoms with E-state index in [1.165, 1.54) is 11.0 Å². The minimum Gasteiger partial charge on any atom is -0.480 e. The van der Waals surface area contributed by atoms with Crippen LogP contribution in [0.15, 0.2) is 24.3 Å². The van der Waals surface area contributed by atoms with Crippen molar-refractivity contribution >= 4 is 11.9 Å². The Morgan fingerprint density at radius 2 is 2.06 bits per heavy atom. The summed E-state index contributed by atoms with van der Waals surface area (Å²) in [6.07, 6.45) is 5.63. The highest BCUT2D eigenvalue weighted by atomic mass is 16.4. The van der Waals surface area contributed by atoms with Gasteiger partial charge in [0, 0.05) is 19.0 Å². The molecule has 1 heterocycles. The average molecular weight is 225 g/mol. The van der Waals surface area contributed by atoms with Crippen molar-refractivity contribution in [3.63, 3.8) is 0 Å². The van der Waals surface area contributed by atoms with Crippen molar-refractivity contribution in [2.45, 2.75) is 25.5 Å². The van der Waals surface area contributed by atoms with E-state index < -0.39 is 18.1 Å². The molecule has 2 atom stereocenters. The van der Waals surface area contributed by atoms with E-state index in [4.69, 9.17) is 5.11 Å². The van der Waals surface area contributed by atoms with Gasteiger partial charge in [0.15, 0.2) is 0 Å². The fraction of sp³-hybridized carbons (Fsp3) is 0.455. The Hall–Kier alpha value is -1.62. The molecule has 0 aromatic rings. The van der Waals surface area contributed by atoms with Crippen molar-refractivity contribution in [1.29, 1.82) is 0 Å². The monoisotopic (exact) mass is 225 g/mol. The van der Waals surface area contributed by atoms with Crippen LogP contribution in [0.3, 0.4) is 0 Å². The zero-order valence-corrected chi connectivity index (χ0v) is 9.04. The number of amides is 1. The fourth-order valence-electron chi connectivity index (χ4n) is 1.64. The lowest BCUT2D eigenvalue weighted by Crippen LogP contribution is -2.39. The Labute approximate surface area is 93.7 Å². The van der Waals surface area contributed by atoms with E-state index in [0.717, 1.165) is 0 Å². The quantitative estimate of drug-likeness (QED) is 0.530. The molecule has 1 aliphatic heterocycles. The summed E-state index contributed by atoms with van der Waals surface area (Å²) in [5.74, 6) is -1.47. The Balaban J connectivity index is 2.70. The molecule has 0 aromatic heterocycles. The molecule has 2 N–H and O–H groups in total. The summed E-state index contributed by atoms with van der Waals surface area (Å²) >= 11 is 0. The maximum absolute atomic E-state index is 11.6. The van der Waals surface area contributed by atoms with Gasteiger partial charge in [-0.3, -0.25) is 4.79 Å².